The van der Waals surface area contributed by atoms with Gasteiger partial charge in [-0.1, -0.05) is 6.07 Å². The van der Waals surface area contributed by atoms with E-state index < -0.39 is 11.3 Å². The van der Waals surface area contributed by atoms with Crippen molar-refractivity contribution in [3.8, 4) is 6.07 Å². The molecule has 0 spiro atoms. The number of pyridine rings is 1. The van der Waals surface area contributed by atoms with Gasteiger partial charge < -0.3 is 4.55 Å². The Hall–Kier alpha value is -1.62. The van der Waals surface area contributed by atoms with E-state index in [1.165, 1.54) is 13.1 Å². The maximum Gasteiger partial charge on any atom is 0.178 e. The van der Waals surface area contributed by atoms with Crippen molar-refractivity contribution in [2.75, 3.05) is 6.54 Å². The quantitative estimate of drug-likeness (QED) is 0.429. The van der Waals surface area contributed by atoms with Gasteiger partial charge in [-0.15, -0.1) is 0 Å². The average molecular weight is 252 g/mol. The molecule has 17 heavy (non-hydrogen) atoms. The number of hydrogen-bond acceptors (Lipinski definition) is 5. The van der Waals surface area contributed by atoms with Gasteiger partial charge in [-0.25, -0.2) is 4.31 Å². The van der Waals surface area contributed by atoms with Crippen LogP contribution in [-0.4, -0.2) is 30.4 Å². The molecule has 1 aromatic heterocycles. The third-order valence-corrected chi connectivity index (χ3v) is 2.71. The van der Waals surface area contributed by atoms with E-state index in [4.69, 9.17) is 5.26 Å². The van der Waals surface area contributed by atoms with Gasteiger partial charge in [-0.2, -0.15) is 5.26 Å². The Morgan fingerprint density at radius 2 is 2.41 bits per heavy atom. The molecule has 0 aliphatic carbocycles. The zero-order chi connectivity index (χ0) is 12.8. The number of Topliss-reactive ketones (excluding diaryl/α,β-unsaturated/α-hetero) is 1. The lowest BCUT2D eigenvalue weighted by molar-refractivity contribution is 0.101. The Morgan fingerprint density at radius 3 is 2.94 bits per heavy atom. The van der Waals surface area contributed by atoms with Gasteiger partial charge >= 0.3 is 0 Å². The van der Waals surface area contributed by atoms with E-state index >= 15 is 0 Å². The molecule has 1 rings (SSSR count). The third kappa shape index (κ3) is 3.71. The average Bonchev–Trinajstić information content (AvgIpc) is 2.28. The summed E-state index contributed by atoms with van der Waals surface area (Å²) >= 11 is -2.50. The van der Waals surface area contributed by atoms with Gasteiger partial charge in [0.15, 0.2) is 5.78 Å². The third-order valence-electron chi connectivity index (χ3n) is 2.03. The number of ketones is 1. The summed E-state index contributed by atoms with van der Waals surface area (Å²) in [5.74, 6) is -0.241. The lowest BCUT2D eigenvalue weighted by atomic mass is 10.1. The first kappa shape index (κ1) is 13.4. The van der Waals surface area contributed by atoms with Crippen LogP contribution < -0.4 is 0 Å². The second-order valence-electron chi connectivity index (χ2n) is 3.24. The van der Waals surface area contributed by atoms with Gasteiger partial charge in [0.1, 0.15) is 5.69 Å². The molecular formula is C10H10N3O3S-. The van der Waals surface area contributed by atoms with Crippen molar-refractivity contribution in [1.82, 2.24) is 9.29 Å². The summed E-state index contributed by atoms with van der Waals surface area (Å²) in [5.41, 5.74) is 0.709. The Kier molecular flexibility index (Phi) is 4.90. The van der Waals surface area contributed by atoms with Gasteiger partial charge in [-0.05, 0) is 11.6 Å². The van der Waals surface area contributed by atoms with Crippen LogP contribution in [0.2, 0.25) is 0 Å². The summed E-state index contributed by atoms with van der Waals surface area (Å²) in [6.07, 6.45) is 1.46. The first-order valence-electron chi connectivity index (χ1n) is 4.72. The minimum absolute atomic E-state index is 0.0353. The molecule has 0 aliphatic heterocycles. The van der Waals surface area contributed by atoms with E-state index in [2.05, 4.69) is 4.98 Å². The molecule has 0 saturated carbocycles. The van der Waals surface area contributed by atoms with Gasteiger partial charge in [-0.3, -0.25) is 14.0 Å². The van der Waals surface area contributed by atoms with E-state index in [-0.39, 0.29) is 24.6 Å². The molecule has 0 N–H and O–H groups in total. The van der Waals surface area contributed by atoms with E-state index in [1.54, 1.807) is 18.2 Å². The summed E-state index contributed by atoms with van der Waals surface area (Å²) in [6.45, 7) is 1.06. The molecule has 0 amide bonds. The van der Waals surface area contributed by atoms with Crippen molar-refractivity contribution >= 4 is 17.0 Å². The smallest absolute Gasteiger partial charge is 0.178 e. The molecule has 0 saturated heterocycles. The molecule has 0 aromatic carbocycles. The molecule has 1 heterocycles. The van der Waals surface area contributed by atoms with Crippen LogP contribution in [0.5, 0.6) is 0 Å². The predicted octanol–water partition coefficient (Wildman–Crippen LogP) is 0.404. The number of aromatic nitrogens is 1. The second-order valence-corrected chi connectivity index (χ2v) is 4.19. The number of nitriles is 1. The monoisotopic (exact) mass is 252 g/mol. The molecule has 6 nitrogen and oxygen atoms in total. The van der Waals surface area contributed by atoms with E-state index in [9.17, 15) is 13.6 Å². The molecule has 1 atom stereocenters. The van der Waals surface area contributed by atoms with Gasteiger partial charge in [0.25, 0.3) is 0 Å². The van der Waals surface area contributed by atoms with Crippen LogP contribution >= 0.6 is 0 Å². The summed E-state index contributed by atoms with van der Waals surface area (Å²) < 4.78 is 22.6. The van der Waals surface area contributed by atoms with Gasteiger partial charge in [0.05, 0.1) is 12.6 Å². The Morgan fingerprint density at radius 1 is 1.71 bits per heavy atom. The van der Waals surface area contributed by atoms with Crippen molar-refractivity contribution in [2.45, 2.75) is 13.5 Å². The minimum atomic E-state index is -2.50. The maximum absolute atomic E-state index is 11.3. The summed E-state index contributed by atoms with van der Waals surface area (Å²) in [6, 6.07) is 4.97. The van der Waals surface area contributed by atoms with E-state index in [1.807, 2.05) is 0 Å². The zero-order valence-electron chi connectivity index (χ0n) is 9.12. The highest BCUT2D eigenvalue weighted by atomic mass is 32.2. The number of carbonyl (C=O) groups excluding carboxylic acids is 1. The standard InChI is InChI=1S/C10H11N3O3S/c1-8(14)10-9(3-2-5-12-10)7-13(6-4-11)17(15)16/h2-3,5H,6-7H2,1H3,(H,15,16)/p-1. The van der Waals surface area contributed by atoms with Crippen LogP contribution in [0.25, 0.3) is 0 Å². The highest BCUT2D eigenvalue weighted by molar-refractivity contribution is 7.76. The van der Waals surface area contributed by atoms with Crippen molar-refractivity contribution < 1.29 is 13.6 Å². The number of carbonyl (C=O) groups is 1. The van der Waals surface area contributed by atoms with Crippen molar-refractivity contribution in [3.05, 3.63) is 29.6 Å². The van der Waals surface area contributed by atoms with Crippen LogP contribution in [0.1, 0.15) is 23.0 Å². The summed E-state index contributed by atoms with van der Waals surface area (Å²) in [7, 11) is 0. The molecule has 0 aliphatic rings. The fourth-order valence-corrected chi connectivity index (χ4v) is 1.72. The molecule has 0 fully saturated rings. The van der Waals surface area contributed by atoms with Crippen LogP contribution in [0.3, 0.4) is 0 Å². The molecular weight excluding hydrogens is 242 g/mol. The lowest BCUT2D eigenvalue weighted by Crippen LogP contribution is -2.26. The Labute approximate surface area is 101 Å². The summed E-state index contributed by atoms with van der Waals surface area (Å²) in [5, 5.41) is 8.49. The molecule has 0 bridgehead atoms. The topological polar surface area (TPSA) is 97.1 Å². The fraction of sp³-hybridized carbons (Fsp3) is 0.300. The van der Waals surface area contributed by atoms with Crippen LogP contribution in [0, 0.1) is 11.3 Å². The van der Waals surface area contributed by atoms with Crippen molar-refractivity contribution in [2.24, 2.45) is 0 Å². The van der Waals surface area contributed by atoms with Crippen LogP contribution in [0.4, 0.5) is 0 Å². The predicted molar refractivity (Wildman–Crippen MR) is 59.2 cm³/mol. The van der Waals surface area contributed by atoms with E-state index in [0.717, 1.165) is 4.31 Å². The lowest BCUT2D eigenvalue weighted by Gasteiger charge is -2.21. The van der Waals surface area contributed by atoms with Crippen LogP contribution in [-0.2, 0) is 17.8 Å². The van der Waals surface area contributed by atoms with Crippen LogP contribution in [0.15, 0.2) is 18.3 Å². The summed E-state index contributed by atoms with van der Waals surface area (Å²) in [4.78, 5) is 15.2. The molecule has 0 radical (unpaired) electrons. The molecule has 90 valence electrons. The van der Waals surface area contributed by atoms with Gasteiger partial charge in [0, 0.05) is 30.9 Å². The Balaban J connectivity index is 2.97. The normalized spacial score (nSPS) is 12.1. The second kappa shape index (κ2) is 6.20. The number of hydrogen-bond donors (Lipinski definition) is 0. The highest BCUT2D eigenvalue weighted by Crippen LogP contribution is 2.10. The molecule has 1 unspecified atom stereocenters. The van der Waals surface area contributed by atoms with Crippen molar-refractivity contribution in [1.29, 1.82) is 5.26 Å². The Bertz CT molecular complexity index is 484. The first-order chi connectivity index (χ1) is 8.06. The largest absolute Gasteiger partial charge is 0.760 e. The number of rotatable bonds is 5. The molecule has 1 aromatic rings. The SMILES string of the molecule is CC(=O)c1ncccc1CN(CC#N)S(=O)[O-]. The highest BCUT2D eigenvalue weighted by Gasteiger charge is 2.12. The fourth-order valence-electron chi connectivity index (χ4n) is 1.31. The maximum atomic E-state index is 11.3. The molecule has 7 heteroatoms. The first-order valence-corrected chi connectivity index (χ1v) is 5.75. The number of nitrogens with zero attached hydrogens (tertiary/aromatic N) is 3. The van der Waals surface area contributed by atoms with Crippen molar-refractivity contribution in [3.63, 3.8) is 0 Å². The van der Waals surface area contributed by atoms with Gasteiger partial charge in [0.2, 0.25) is 0 Å². The minimum Gasteiger partial charge on any atom is -0.760 e. The van der Waals surface area contributed by atoms with E-state index in [0.29, 0.717) is 5.56 Å². The zero-order valence-corrected chi connectivity index (χ0v) is 9.94.